The zero-order chi connectivity index (χ0) is 21.3. The molecule has 2 heterocycles. The van der Waals surface area contributed by atoms with Crippen LogP contribution in [-0.4, -0.2) is 45.2 Å². The summed E-state index contributed by atoms with van der Waals surface area (Å²) in [5, 5.41) is 3.41. The van der Waals surface area contributed by atoms with E-state index in [1.54, 1.807) is 31.4 Å². The first-order chi connectivity index (χ1) is 14.4. The minimum Gasteiger partial charge on any atom is -0.493 e. The summed E-state index contributed by atoms with van der Waals surface area (Å²) in [6.45, 7) is 2.56. The Morgan fingerprint density at radius 1 is 1.26 bits per heavy atom. The van der Waals surface area contributed by atoms with Crippen LogP contribution >= 0.6 is 23.2 Å². The number of para-hydroxylation sites is 1. The van der Waals surface area contributed by atoms with Crippen LogP contribution in [0.2, 0.25) is 0 Å². The van der Waals surface area contributed by atoms with Crippen molar-refractivity contribution in [1.82, 2.24) is 9.62 Å². The zero-order valence-corrected chi connectivity index (χ0v) is 19.2. The summed E-state index contributed by atoms with van der Waals surface area (Å²) in [5.74, 6) is 1.22. The molecule has 7 nitrogen and oxygen atoms in total. The minimum absolute atomic E-state index is 0. The molecule has 170 valence electrons. The van der Waals surface area contributed by atoms with E-state index in [1.807, 2.05) is 19.1 Å². The van der Waals surface area contributed by atoms with Crippen LogP contribution < -0.4 is 14.8 Å². The molecule has 0 spiro atoms. The molecule has 0 aliphatic carbocycles. The van der Waals surface area contributed by atoms with Crippen molar-refractivity contribution in [2.75, 3.05) is 13.7 Å². The highest BCUT2D eigenvalue weighted by molar-refractivity contribution is 8.23. The van der Waals surface area contributed by atoms with Crippen LogP contribution in [0, 0.1) is 0 Å². The lowest BCUT2D eigenvalue weighted by Crippen LogP contribution is -2.39. The Bertz CT molecular complexity index is 928. The Morgan fingerprint density at radius 3 is 2.77 bits per heavy atom. The van der Waals surface area contributed by atoms with E-state index in [-0.39, 0.29) is 30.6 Å². The van der Waals surface area contributed by atoms with Gasteiger partial charge in [0.05, 0.1) is 23.6 Å². The van der Waals surface area contributed by atoms with Crippen molar-refractivity contribution in [1.29, 1.82) is 0 Å². The summed E-state index contributed by atoms with van der Waals surface area (Å²) in [6.07, 6.45) is 3.12. The second-order valence-corrected chi connectivity index (χ2v) is 9.56. The molecule has 31 heavy (non-hydrogen) atoms. The van der Waals surface area contributed by atoms with Crippen molar-refractivity contribution < 1.29 is 23.4 Å². The quantitative estimate of drug-likeness (QED) is 0.510. The maximum absolute atomic E-state index is 12.7. The van der Waals surface area contributed by atoms with E-state index in [1.165, 1.54) is 4.31 Å². The molecule has 0 radical (unpaired) electrons. The molecule has 2 aliphatic heterocycles. The molecular weight excluding hydrogens is 440 g/mol. The van der Waals surface area contributed by atoms with Gasteiger partial charge in [0, 0.05) is 6.42 Å². The normalized spacial score (nSPS) is 20.7. The lowest BCUT2D eigenvalue weighted by atomic mass is 10.0. The lowest BCUT2D eigenvalue weighted by Gasteiger charge is -2.40. The van der Waals surface area contributed by atoms with Gasteiger partial charge in [-0.3, -0.25) is 19.2 Å². The molecule has 2 unspecified atom stereocenters. The first-order valence-corrected chi connectivity index (χ1v) is 11.7. The number of amides is 1. The second-order valence-electron chi connectivity index (χ2n) is 7.68. The highest BCUT2D eigenvalue weighted by Crippen LogP contribution is 2.59. The number of carbonyl (C=O) groups excluding carboxylic acids is 1. The summed E-state index contributed by atoms with van der Waals surface area (Å²) >= 11 is 0. The van der Waals surface area contributed by atoms with Crippen molar-refractivity contribution >= 4 is 29.1 Å². The van der Waals surface area contributed by atoms with Gasteiger partial charge in [0.1, 0.15) is 0 Å². The van der Waals surface area contributed by atoms with Gasteiger partial charge >= 0.3 is 0 Å². The average Bonchev–Trinajstić information content (AvgIpc) is 2.96. The fourth-order valence-corrected chi connectivity index (χ4v) is 6.00. The van der Waals surface area contributed by atoms with Gasteiger partial charge in [-0.05, 0) is 56.5 Å². The number of halogens is 1. The fraction of sp³-hybridized carbons (Fsp3) is 0.409. The summed E-state index contributed by atoms with van der Waals surface area (Å²) in [7, 11) is -1.63. The smallest absolute Gasteiger partial charge is 0.274 e. The monoisotopic (exact) mass is 468 g/mol. The molecular formula is C22H29ClN2O5S. The van der Waals surface area contributed by atoms with E-state index in [9.17, 15) is 13.9 Å². The summed E-state index contributed by atoms with van der Waals surface area (Å²) in [5.41, 5.74) is 1.53. The zero-order valence-electron chi connectivity index (χ0n) is 17.6. The molecule has 0 bridgehead atoms. The van der Waals surface area contributed by atoms with Gasteiger partial charge in [0.2, 0.25) is 0 Å². The summed E-state index contributed by atoms with van der Waals surface area (Å²) < 4.78 is 34.0. The Balaban J connectivity index is 0.00000272. The van der Waals surface area contributed by atoms with Crippen LogP contribution in [-0.2, 0) is 6.42 Å². The van der Waals surface area contributed by atoms with Gasteiger partial charge in [0.15, 0.2) is 17.7 Å². The van der Waals surface area contributed by atoms with Gasteiger partial charge in [-0.15, -0.1) is 12.4 Å². The molecule has 0 saturated carbocycles. The van der Waals surface area contributed by atoms with E-state index in [4.69, 9.17) is 9.47 Å². The molecule has 0 saturated heterocycles. The Kier molecular flexibility index (Phi) is 7.39. The number of aryl methyl sites for hydroxylation is 1. The van der Waals surface area contributed by atoms with Crippen molar-refractivity contribution in [2.24, 2.45) is 0 Å². The van der Waals surface area contributed by atoms with Crippen molar-refractivity contribution in [3.63, 3.8) is 0 Å². The molecule has 0 fully saturated rings. The first kappa shape index (κ1) is 23.7. The van der Waals surface area contributed by atoms with E-state index in [0.29, 0.717) is 23.4 Å². The number of rotatable bonds is 7. The largest absolute Gasteiger partial charge is 0.493 e. The maximum atomic E-state index is 12.7. The standard InChI is InChI=1S/C22H28N2O5S.ClH/c1-15(24-22(25)17-9-3-4-11-19(17)30(24,26)27)7-6-14-23-20-13-12-16-8-5-10-18(28-2)21(16)29-20;/h3-5,8-11,15,20,23,26-27H,6-7,12-14H2,1-2H3;1H. The van der Waals surface area contributed by atoms with Crippen molar-refractivity contribution in [3.8, 4) is 11.5 Å². The van der Waals surface area contributed by atoms with Crippen LogP contribution in [0.15, 0.2) is 47.4 Å². The number of fused-ring (bicyclic) bond motifs is 2. The first-order valence-electron chi connectivity index (χ1n) is 10.2. The number of nitrogens with one attached hydrogen (secondary N) is 1. The molecule has 2 aliphatic rings. The van der Waals surface area contributed by atoms with Gasteiger partial charge < -0.3 is 9.47 Å². The number of carbonyl (C=O) groups is 1. The van der Waals surface area contributed by atoms with Crippen LogP contribution in [0.1, 0.15) is 42.1 Å². The van der Waals surface area contributed by atoms with Crippen LogP contribution in [0.4, 0.5) is 0 Å². The predicted molar refractivity (Wildman–Crippen MR) is 123 cm³/mol. The second kappa shape index (κ2) is 9.67. The summed E-state index contributed by atoms with van der Waals surface area (Å²) in [4.78, 5) is 13.0. The van der Waals surface area contributed by atoms with E-state index in [2.05, 4.69) is 11.4 Å². The van der Waals surface area contributed by atoms with Crippen LogP contribution in [0.25, 0.3) is 0 Å². The number of ether oxygens (including phenoxy) is 2. The topological polar surface area (TPSA) is 91.3 Å². The lowest BCUT2D eigenvalue weighted by molar-refractivity contribution is 0.0821. The third-order valence-corrected chi connectivity index (χ3v) is 7.69. The highest BCUT2D eigenvalue weighted by Gasteiger charge is 2.43. The van der Waals surface area contributed by atoms with Gasteiger partial charge in [-0.25, -0.2) is 4.31 Å². The van der Waals surface area contributed by atoms with Crippen LogP contribution in [0.5, 0.6) is 11.5 Å². The molecule has 0 aromatic heterocycles. The third kappa shape index (κ3) is 4.49. The van der Waals surface area contributed by atoms with E-state index < -0.39 is 10.8 Å². The Labute approximate surface area is 190 Å². The molecule has 9 heteroatoms. The Morgan fingerprint density at radius 2 is 2.03 bits per heavy atom. The number of methoxy groups -OCH3 is 1. The SMILES string of the molecule is COc1cccc2c1OC(NCCCC(C)N1C(=O)c3ccccc3S1(O)O)CC2.Cl. The van der Waals surface area contributed by atoms with Crippen molar-refractivity contribution in [2.45, 2.75) is 49.8 Å². The summed E-state index contributed by atoms with van der Waals surface area (Å²) in [6, 6.07) is 12.3. The number of benzene rings is 2. The molecule has 2 atom stereocenters. The Hall–Kier alpha value is -1.97. The third-order valence-electron chi connectivity index (χ3n) is 5.67. The number of hydrogen-bond donors (Lipinski definition) is 3. The molecule has 3 N–H and O–H groups in total. The number of hydrogen-bond acceptors (Lipinski definition) is 6. The molecule has 1 amide bonds. The van der Waals surface area contributed by atoms with E-state index in [0.717, 1.165) is 36.3 Å². The molecule has 2 aromatic rings. The fourth-order valence-electron chi connectivity index (χ4n) is 4.14. The maximum Gasteiger partial charge on any atom is 0.274 e. The van der Waals surface area contributed by atoms with E-state index >= 15 is 0 Å². The molecule has 4 rings (SSSR count). The number of nitrogens with zero attached hydrogens (tertiary/aromatic N) is 1. The van der Waals surface area contributed by atoms with Gasteiger partial charge in [-0.2, -0.15) is 0 Å². The predicted octanol–water partition coefficient (Wildman–Crippen LogP) is 4.71. The minimum atomic E-state index is -3.27. The average molecular weight is 469 g/mol. The van der Waals surface area contributed by atoms with Crippen molar-refractivity contribution in [3.05, 3.63) is 53.6 Å². The van der Waals surface area contributed by atoms with Gasteiger partial charge in [0.25, 0.3) is 5.91 Å². The molecule has 2 aromatic carbocycles. The van der Waals surface area contributed by atoms with Crippen LogP contribution in [0.3, 0.4) is 0 Å². The van der Waals surface area contributed by atoms with Gasteiger partial charge in [-0.1, -0.05) is 35.0 Å². The highest BCUT2D eigenvalue weighted by atomic mass is 35.5.